The largest absolute Gasteiger partial charge is 0.508 e. The topological polar surface area (TPSA) is 184 Å². The molecule has 242 valence electrons. The van der Waals surface area contributed by atoms with Gasteiger partial charge in [0, 0.05) is 50.9 Å². The minimum atomic E-state index is -1.50. The molecule has 0 bridgehead atoms. The number of hydrogen-bond acceptors (Lipinski definition) is 11. The number of aromatic hydroxyl groups is 2. The van der Waals surface area contributed by atoms with Gasteiger partial charge in [0.15, 0.2) is 12.3 Å². The molecule has 1 saturated heterocycles. The number of nitrogens with one attached hydrogen (secondary N) is 1. The maximum absolute atomic E-state index is 12.9. The first-order chi connectivity index (χ1) is 20.0. The third-order valence-corrected chi connectivity index (χ3v) is 9.02. The van der Waals surface area contributed by atoms with Crippen LogP contribution in [0.5, 0.6) is 11.5 Å². The number of amides is 1. The molecule has 12 heteroatoms. The average Bonchev–Trinajstić information content (AvgIpc) is 2.94. The average molecular weight is 610 g/mol. The van der Waals surface area contributed by atoms with Crippen molar-refractivity contribution in [2.75, 3.05) is 14.2 Å². The van der Waals surface area contributed by atoms with Crippen LogP contribution < -0.4 is 5.32 Å². The van der Waals surface area contributed by atoms with Crippen molar-refractivity contribution in [1.29, 1.82) is 0 Å². The van der Waals surface area contributed by atoms with Gasteiger partial charge in [0.25, 0.3) is 5.91 Å². The minimum absolute atomic E-state index is 0.00479. The summed E-state index contributed by atoms with van der Waals surface area (Å²) >= 11 is 0. The van der Waals surface area contributed by atoms with E-state index in [9.17, 15) is 35.1 Å². The Hall–Kier alpha value is -2.74. The molecule has 2 aliphatic heterocycles. The quantitative estimate of drug-likeness (QED) is 0.115. The van der Waals surface area contributed by atoms with Crippen LogP contribution in [0.4, 0.5) is 0 Å². The van der Waals surface area contributed by atoms with Crippen LogP contribution in [0.2, 0.25) is 0 Å². The summed E-state index contributed by atoms with van der Waals surface area (Å²) in [5.41, 5.74) is 0.851. The lowest BCUT2D eigenvalue weighted by Gasteiger charge is -2.48. The molecular formula is C31H47NO11. The normalized spacial score (nSPS) is 26.8. The molecule has 0 aromatic heterocycles. The number of esters is 1. The van der Waals surface area contributed by atoms with E-state index in [2.05, 4.69) is 11.9 Å². The Morgan fingerprint density at radius 2 is 1.84 bits per heavy atom. The fourth-order valence-electron chi connectivity index (χ4n) is 5.80. The highest BCUT2D eigenvalue weighted by Crippen LogP contribution is 2.42. The molecule has 2 unspecified atom stereocenters. The van der Waals surface area contributed by atoms with Gasteiger partial charge < -0.3 is 49.8 Å². The number of phenolic OH excluding ortho intramolecular Hbond substituents is 2. The molecule has 0 saturated carbocycles. The molecule has 43 heavy (non-hydrogen) atoms. The van der Waals surface area contributed by atoms with Gasteiger partial charge in [0.1, 0.15) is 29.3 Å². The van der Waals surface area contributed by atoms with Crippen LogP contribution in [0.3, 0.4) is 0 Å². The summed E-state index contributed by atoms with van der Waals surface area (Å²) < 4.78 is 22.7. The van der Waals surface area contributed by atoms with E-state index in [4.69, 9.17) is 18.9 Å². The van der Waals surface area contributed by atoms with Crippen molar-refractivity contribution < 1.29 is 54.1 Å². The smallest absolute Gasteiger partial charge is 0.342 e. The van der Waals surface area contributed by atoms with E-state index in [-0.39, 0.29) is 42.7 Å². The van der Waals surface area contributed by atoms with E-state index in [1.807, 2.05) is 13.8 Å². The molecule has 0 aliphatic carbocycles. The number of hydrogen-bond donors (Lipinski definition) is 6. The fraction of sp³-hybridized carbons (Fsp3) is 0.677. The van der Waals surface area contributed by atoms with Gasteiger partial charge in [-0.1, -0.05) is 26.3 Å². The Labute approximate surface area is 252 Å². The maximum Gasteiger partial charge on any atom is 0.342 e. The highest BCUT2D eigenvalue weighted by atomic mass is 16.6. The second-order valence-corrected chi connectivity index (χ2v) is 12.5. The van der Waals surface area contributed by atoms with Gasteiger partial charge in [0.2, 0.25) is 0 Å². The molecule has 0 radical (unpaired) electrons. The number of carbonyl (C=O) groups excluding carboxylic acids is 2. The van der Waals surface area contributed by atoms with Crippen molar-refractivity contribution in [3.63, 3.8) is 0 Å². The van der Waals surface area contributed by atoms with Gasteiger partial charge in [-0.3, -0.25) is 4.79 Å². The first kappa shape index (κ1) is 34.7. The Bertz CT molecular complexity index is 1180. The van der Waals surface area contributed by atoms with E-state index in [0.29, 0.717) is 11.1 Å². The number of rotatable bonds is 12. The summed E-state index contributed by atoms with van der Waals surface area (Å²) in [6.45, 7) is 12.6. The van der Waals surface area contributed by atoms with Crippen LogP contribution in [0, 0.1) is 18.3 Å². The molecule has 2 aliphatic rings. The van der Waals surface area contributed by atoms with Crippen molar-refractivity contribution in [3.05, 3.63) is 34.9 Å². The maximum atomic E-state index is 12.9. The summed E-state index contributed by atoms with van der Waals surface area (Å²) in [7, 11) is 2.76. The predicted molar refractivity (Wildman–Crippen MR) is 155 cm³/mol. The fourth-order valence-corrected chi connectivity index (χ4v) is 5.80. The van der Waals surface area contributed by atoms with Gasteiger partial charge in [0.05, 0.1) is 24.4 Å². The minimum Gasteiger partial charge on any atom is -0.508 e. The Morgan fingerprint density at radius 1 is 1.19 bits per heavy atom. The molecule has 12 nitrogen and oxygen atoms in total. The van der Waals surface area contributed by atoms with Gasteiger partial charge in [-0.15, -0.1) is 6.58 Å². The third-order valence-electron chi connectivity index (χ3n) is 9.02. The van der Waals surface area contributed by atoms with Crippen molar-refractivity contribution in [3.8, 4) is 11.5 Å². The lowest BCUT2D eigenvalue weighted by atomic mass is 9.73. The van der Waals surface area contributed by atoms with Crippen LogP contribution in [-0.2, 0) is 30.2 Å². The number of carbonyl (C=O) groups is 2. The van der Waals surface area contributed by atoms with Crippen LogP contribution >= 0.6 is 0 Å². The molecule has 2 heterocycles. The number of methoxy groups -OCH3 is 2. The molecule has 1 fully saturated rings. The molecular weight excluding hydrogens is 562 g/mol. The number of fused-ring (bicyclic) bond motifs is 1. The number of phenols is 2. The summed E-state index contributed by atoms with van der Waals surface area (Å²) in [4.78, 5) is 25.6. The standard InChI is InChI=1S/C31H47NO11/c1-14(2)9-22(40-7)27(37)28(38)32-29(41-8)23-13-24(36)31(5,6)25(42-23)12-19(34)16(4)21-10-17-15(3)18(33)11-20(35)26(17)30(39)43-21/h11,16,19,21-25,27,29,33-37H,1,9-10,12-13H2,2-8H3,(H,32,38)/t16-,19+,21?,22?,23+,24-,25-,27+,29+/m1/s1. The van der Waals surface area contributed by atoms with E-state index in [1.54, 1.807) is 20.8 Å². The monoisotopic (exact) mass is 609 g/mol. The highest BCUT2D eigenvalue weighted by molar-refractivity contribution is 5.96. The molecule has 1 amide bonds. The van der Waals surface area contributed by atoms with E-state index in [1.165, 1.54) is 14.2 Å². The number of ether oxygens (including phenoxy) is 4. The SMILES string of the molecule is C=C(C)CC(OC)[C@H](O)C(=O)N[C@@H](OC)[C@@H]1C[C@@H](O)C(C)(C)[C@@H](C[C@H](O)[C@@H](C)C2Cc3c(C)c(O)cc(O)c3C(=O)O2)O1. The van der Waals surface area contributed by atoms with Crippen LogP contribution in [-0.4, -0.2) is 101 Å². The molecule has 6 N–H and O–H groups in total. The number of benzene rings is 1. The molecule has 1 aromatic carbocycles. The van der Waals surface area contributed by atoms with Crippen molar-refractivity contribution in [2.45, 2.75) is 109 Å². The molecule has 0 spiro atoms. The van der Waals surface area contributed by atoms with Crippen molar-refractivity contribution in [2.24, 2.45) is 11.3 Å². The van der Waals surface area contributed by atoms with E-state index < -0.39 is 72.2 Å². The summed E-state index contributed by atoms with van der Waals surface area (Å²) in [5, 5.41) is 56.0. The molecule has 3 rings (SSSR count). The highest BCUT2D eigenvalue weighted by Gasteiger charge is 2.48. The predicted octanol–water partition coefficient (Wildman–Crippen LogP) is 1.85. The third kappa shape index (κ3) is 7.50. The first-order valence-corrected chi connectivity index (χ1v) is 14.5. The van der Waals surface area contributed by atoms with E-state index >= 15 is 0 Å². The Kier molecular flexibility index (Phi) is 11.2. The number of aliphatic hydroxyl groups is 3. The summed E-state index contributed by atoms with van der Waals surface area (Å²) in [5.74, 6) is -2.57. The van der Waals surface area contributed by atoms with Gasteiger partial charge in [-0.05, 0) is 31.4 Å². The Morgan fingerprint density at radius 3 is 2.42 bits per heavy atom. The number of cyclic esters (lactones) is 1. The zero-order valence-corrected chi connectivity index (χ0v) is 26.0. The van der Waals surface area contributed by atoms with Crippen LogP contribution in [0.25, 0.3) is 0 Å². The lowest BCUT2D eigenvalue weighted by molar-refractivity contribution is -0.217. The second kappa shape index (κ2) is 13.9. The molecule has 9 atom stereocenters. The van der Waals surface area contributed by atoms with Crippen LogP contribution in [0.1, 0.15) is 68.4 Å². The lowest BCUT2D eigenvalue weighted by Crippen LogP contribution is -2.59. The van der Waals surface area contributed by atoms with Gasteiger partial charge in [-0.2, -0.15) is 0 Å². The zero-order valence-electron chi connectivity index (χ0n) is 26.0. The Balaban J connectivity index is 1.73. The molecule has 1 aromatic rings. The summed E-state index contributed by atoms with van der Waals surface area (Å²) in [6, 6.07) is 1.10. The van der Waals surface area contributed by atoms with Gasteiger partial charge >= 0.3 is 5.97 Å². The number of aliphatic hydroxyl groups excluding tert-OH is 3. The first-order valence-electron chi connectivity index (χ1n) is 14.5. The van der Waals surface area contributed by atoms with E-state index in [0.717, 1.165) is 11.6 Å². The van der Waals surface area contributed by atoms with Crippen molar-refractivity contribution in [1.82, 2.24) is 5.32 Å². The summed E-state index contributed by atoms with van der Waals surface area (Å²) in [6.07, 6.45) is -6.89. The van der Waals surface area contributed by atoms with Gasteiger partial charge in [-0.25, -0.2) is 4.79 Å². The second-order valence-electron chi connectivity index (χ2n) is 12.5. The van der Waals surface area contributed by atoms with Crippen molar-refractivity contribution >= 4 is 11.9 Å². The van der Waals surface area contributed by atoms with Crippen LogP contribution in [0.15, 0.2) is 18.2 Å². The zero-order chi connectivity index (χ0) is 32.4.